The number of piperazine rings is 1. The molecule has 0 unspecified atom stereocenters. The molecule has 0 saturated carbocycles. The monoisotopic (exact) mass is 417 g/mol. The zero-order chi connectivity index (χ0) is 20.4. The van der Waals surface area contributed by atoms with E-state index in [-0.39, 0.29) is 0 Å². The summed E-state index contributed by atoms with van der Waals surface area (Å²) in [4.78, 5) is 13.7. The van der Waals surface area contributed by atoms with Crippen LogP contribution in [0.5, 0.6) is 0 Å². The molecule has 156 valence electrons. The highest BCUT2D eigenvalue weighted by atomic mass is 32.2. The number of anilines is 2. The van der Waals surface area contributed by atoms with E-state index >= 15 is 0 Å². The molecule has 3 heterocycles. The molecule has 9 heteroatoms. The van der Waals surface area contributed by atoms with Crippen molar-refractivity contribution in [3.8, 4) is 0 Å². The summed E-state index contributed by atoms with van der Waals surface area (Å²) >= 11 is 0. The second-order valence-electron chi connectivity index (χ2n) is 7.47. The smallest absolute Gasteiger partial charge is 0.243 e. The number of aromatic nitrogens is 2. The van der Waals surface area contributed by atoms with Gasteiger partial charge < -0.3 is 14.5 Å². The summed E-state index contributed by atoms with van der Waals surface area (Å²) in [6.07, 6.45) is 1.77. The van der Waals surface area contributed by atoms with Gasteiger partial charge in [0.1, 0.15) is 5.82 Å². The van der Waals surface area contributed by atoms with E-state index in [9.17, 15) is 8.42 Å². The lowest BCUT2D eigenvalue weighted by atomic mass is 10.2. The van der Waals surface area contributed by atoms with Crippen molar-refractivity contribution >= 4 is 21.8 Å². The van der Waals surface area contributed by atoms with Gasteiger partial charge in [-0.1, -0.05) is 17.7 Å². The van der Waals surface area contributed by atoms with Gasteiger partial charge in [0.05, 0.1) is 18.1 Å². The molecule has 0 bridgehead atoms. The number of hydrogen-bond donors (Lipinski definition) is 0. The van der Waals surface area contributed by atoms with E-state index < -0.39 is 10.0 Å². The summed E-state index contributed by atoms with van der Waals surface area (Å²) in [5.41, 5.74) is 1.85. The van der Waals surface area contributed by atoms with Gasteiger partial charge in [-0.3, -0.25) is 0 Å². The minimum atomic E-state index is -3.49. The summed E-state index contributed by atoms with van der Waals surface area (Å²) in [5.74, 6) is 1.54. The van der Waals surface area contributed by atoms with Gasteiger partial charge in [-0.15, -0.1) is 0 Å². The standard InChI is InChI=1S/C20H27N5O3S/c1-16-3-4-18(17(2)15-16)29(26,27)25-9-7-23(8-10-25)19-5-6-21-20(22-19)24-11-13-28-14-12-24/h3-6,15H,7-14H2,1-2H3. The van der Waals surface area contributed by atoms with Crippen molar-refractivity contribution in [3.05, 3.63) is 41.6 Å². The predicted octanol–water partition coefficient (Wildman–Crippen LogP) is 1.44. The summed E-state index contributed by atoms with van der Waals surface area (Å²) in [7, 11) is -3.49. The van der Waals surface area contributed by atoms with Gasteiger partial charge in [0.25, 0.3) is 0 Å². The molecule has 0 atom stereocenters. The predicted molar refractivity (Wildman–Crippen MR) is 112 cm³/mol. The first-order valence-corrected chi connectivity index (χ1v) is 11.4. The summed E-state index contributed by atoms with van der Waals surface area (Å²) in [5, 5.41) is 0. The van der Waals surface area contributed by atoms with Gasteiger partial charge in [-0.2, -0.15) is 9.29 Å². The molecule has 0 N–H and O–H groups in total. The molecular weight excluding hydrogens is 390 g/mol. The fourth-order valence-corrected chi connectivity index (χ4v) is 5.44. The highest BCUT2D eigenvalue weighted by molar-refractivity contribution is 7.89. The number of ether oxygens (including phenoxy) is 1. The van der Waals surface area contributed by atoms with E-state index in [1.54, 1.807) is 16.6 Å². The van der Waals surface area contributed by atoms with Gasteiger partial charge in [0.15, 0.2) is 0 Å². The number of hydrogen-bond acceptors (Lipinski definition) is 7. The summed E-state index contributed by atoms with van der Waals surface area (Å²) < 4.78 is 33.1. The Kier molecular flexibility index (Phi) is 5.71. The number of benzene rings is 1. The average Bonchev–Trinajstić information content (AvgIpc) is 2.74. The van der Waals surface area contributed by atoms with Crippen LogP contribution in [0.1, 0.15) is 11.1 Å². The Morgan fingerprint density at radius 2 is 1.66 bits per heavy atom. The Hall–Kier alpha value is -2.23. The maximum atomic E-state index is 13.1. The van der Waals surface area contributed by atoms with Crippen LogP contribution >= 0.6 is 0 Å². The second kappa shape index (κ2) is 8.25. The van der Waals surface area contributed by atoms with Crippen LogP contribution in [0.4, 0.5) is 11.8 Å². The summed E-state index contributed by atoms with van der Waals surface area (Å²) in [6.45, 7) is 8.83. The molecule has 1 aromatic heterocycles. The number of morpholine rings is 1. The van der Waals surface area contributed by atoms with Gasteiger partial charge in [-0.05, 0) is 31.5 Å². The van der Waals surface area contributed by atoms with Crippen molar-refractivity contribution < 1.29 is 13.2 Å². The molecule has 2 aliphatic heterocycles. The molecule has 1 aromatic carbocycles. The van der Waals surface area contributed by atoms with Crippen LogP contribution in [-0.4, -0.2) is 75.2 Å². The molecule has 0 spiro atoms. The third kappa shape index (κ3) is 4.22. The number of nitrogens with zero attached hydrogens (tertiary/aromatic N) is 5. The van der Waals surface area contributed by atoms with Crippen molar-refractivity contribution in [2.24, 2.45) is 0 Å². The molecule has 2 fully saturated rings. The SMILES string of the molecule is Cc1ccc(S(=O)(=O)N2CCN(c3ccnc(N4CCOCC4)n3)CC2)c(C)c1. The molecule has 8 nitrogen and oxygen atoms in total. The zero-order valence-corrected chi connectivity index (χ0v) is 17.7. The van der Waals surface area contributed by atoms with Crippen molar-refractivity contribution in [3.63, 3.8) is 0 Å². The molecule has 0 aliphatic carbocycles. The fraction of sp³-hybridized carbons (Fsp3) is 0.500. The van der Waals surface area contributed by atoms with E-state index in [0.29, 0.717) is 50.2 Å². The lowest BCUT2D eigenvalue weighted by molar-refractivity contribution is 0.122. The van der Waals surface area contributed by atoms with Crippen molar-refractivity contribution in [1.29, 1.82) is 0 Å². The molecule has 0 radical (unpaired) electrons. The average molecular weight is 418 g/mol. The van der Waals surface area contributed by atoms with Gasteiger partial charge in [0.2, 0.25) is 16.0 Å². The Balaban J connectivity index is 1.45. The van der Waals surface area contributed by atoms with Crippen LogP contribution in [0.3, 0.4) is 0 Å². The first-order chi connectivity index (χ1) is 13.9. The Labute approximate surface area is 172 Å². The fourth-order valence-electron chi connectivity index (χ4n) is 3.82. The van der Waals surface area contributed by atoms with Crippen LogP contribution < -0.4 is 9.80 Å². The van der Waals surface area contributed by atoms with Gasteiger partial charge >= 0.3 is 0 Å². The summed E-state index contributed by atoms with van der Waals surface area (Å²) in [6, 6.07) is 7.37. The Morgan fingerprint density at radius 3 is 2.34 bits per heavy atom. The minimum absolute atomic E-state index is 0.396. The van der Waals surface area contributed by atoms with E-state index in [4.69, 9.17) is 9.72 Å². The maximum absolute atomic E-state index is 13.1. The van der Waals surface area contributed by atoms with Crippen LogP contribution in [0, 0.1) is 13.8 Å². The maximum Gasteiger partial charge on any atom is 0.243 e. The quantitative estimate of drug-likeness (QED) is 0.745. The molecule has 2 aliphatic rings. The molecular formula is C20H27N5O3S. The Morgan fingerprint density at radius 1 is 0.931 bits per heavy atom. The van der Waals surface area contributed by atoms with Crippen LogP contribution in [0.15, 0.2) is 35.4 Å². The molecule has 4 rings (SSSR count). The van der Waals surface area contributed by atoms with E-state index in [2.05, 4.69) is 14.8 Å². The van der Waals surface area contributed by atoms with Crippen molar-refractivity contribution in [1.82, 2.24) is 14.3 Å². The first-order valence-electron chi connectivity index (χ1n) is 9.93. The third-order valence-corrected chi connectivity index (χ3v) is 7.49. The highest BCUT2D eigenvalue weighted by Gasteiger charge is 2.30. The van der Waals surface area contributed by atoms with E-state index in [0.717, 1.165) is 30.0 Å². The van der Waals surface area contributed by atoms with Crippen LogP contribution in [0.25, 0.3) is 0 Å². The van der Waals surface area contributed by atoms with Gasteiger partial charge in [-0.25, -0.2) is 13.4 Å². The zero-order valence-electron chi connectivity index (χ0n) is 16.9. The number of sulfonamides is 1. The van der Waals surface area contributed by atoms with E-state index in [1.807, 2.05) is 32.0 Å². The number of rotatable bonds is 4. The van der Waals surface area contributed by atoms with Crippen LogP contribution in [-0.2, 0) is 14.8 Å². The lowest BCUT2D eigenvalue weighted by Gasteiger charge is -2.35. The topological polar surface area (TPSA) is 78.9 Å². The van der Waals surface area contributed by atoms with Crippen LogP contribution in [0.2, 0.25) is 0 Å². The van der Waals surface area contributed by atoms with Crippen molar-refractivity contribution in [2.45, 2.75) is 18.7 Å². The minimum Gasteiger partial charge on any atom is -0.378 e. The Bertz CT molecular complexity index is 968. The lowest BCUT2D eigenvalue weighted by Crippen LogP contribution is -2.49. The first kappa shape index (κ1) is 20.1. The molecule has 2 saturated heterocycles. The van der Waals surface area contributed by atoms with Gasteiger partial charge in [0, 0.05) is 45.5 Å². The van der Waals surface area contributed by atoms with Crippen molar-refractivity contribution in [2.75, 3.05) is 62.3 Å². The molecule has 0 amide bonds. The third-order valence-electron chi connectivity index (χ3n) is 5.43. The largest absolute Gasteiger partial charge is 0.378 e. The molecule has 2 aromatic rings. The second-order valence-corrected chi connectivity index (χ2v) is 9.38. The van der Waals surface area contributed by atoms with E-state index in [1.165, 1.54) is 0 Å². The molecule has 29 heavy (non-hydrogen) atoms. The highest BCUT2D eigenvalue weighted by Crippen LogP contribution is 2.24. The number of aryl methyl sites for hydroxylation is 2. The normalized spacial score (nSPS) is 18.8.